The third kappa shape index (κ3) is 4.82. The van der Waals surface area contributed by atoms with E-state index in [1.54, 1.807) is 0 Å². The van der Waals surface area contributed by atoms with E-state index in [0.717, 1.165) is 5.56 Å². The molecule has 9 nitrogen and oxygen atoms in total. The zero-order chi connectivity index (χ0) is 23.3. The SMILES string of the molecule is COC(=O)C1=C(C(=O)OC)N(c2ccc(S(=O)(=O)N(C)Cc3ccccc3)cc2)COC1. The number of carbonyl (C=O) groups is 2. The normalized spacial score (nSPS) is 14.4. The number of anilines is 1. The molecule has 0 radical (unpaired) electrons. The molecular formula is C22H24N2O7S. The van der Waals surface area contributed by atoms with Gasteiger partial charge in [-0.2, -0.15) is 4.31 Å². The first-order chi connectivity index (χ1) is 15.3. The molecule has 3 rings (SSSR count). The summed E-state index contributed by atoms with van der Waals surface area (Å²) in [4.78, 5) is 26.0. The molecule has 0 fully saturated rings. The molecule has 1 aliphatic rings. The van der Waals surface area contributed by atoms with E-state index in [1.165, 1.54) is 54.7 Å². The highest BCUT2D eigenvalue weighted by molar-refractivity contribution is 7.89. The number of sulfonamides is 1. The summed E-state index contributed by atoms with van der Waals surface area (Å²) in [7, 11) is 0.175. The van der Waals surface area contributed by atoms with Crippen molar-refractivity contribution in [2.45, 2.75) is 11.4 Å². The third-order valence-electron chi connectivity index (χ3n) is 4.94. The topological polar surface area (TPSA) is 102 Å². The average Bonchev–Trinajstić information content (AvgIpc) is 2.83. The van der Waals surface area contributed by atoms with Gasteiger partial charge in [0.1, 0.15) is 12.4 Å². The summed E-state index contributed by atoms with van der Waals surface area (Å²) < 4.78 is 42.2. The molecule has 170 valence electrons. The first-order valence-electron chi connectivity index (χ1n) is 9.65. The van der Waals surface area contributed by atoms with Gasteiger partial charge in [0.15, 0.2) is 0 Å². The number of hydrogen-bond donors (Lipinski definition) is 0. The molecule has 2 aromatic rings. The number of methoxy groups -OCH3 is 2. The summed E-state index contributed by atoms with van der Waals surface area (Å²) in [5.41, 5.74) is 1.33. The lowest BCUT2D eigenvalue weighted by atomic mass is 10.1. The number of nitrogens with zero attached hydrogens (tertiary/aromatic N) is 2. The van der Waals surface area contributed by atoms with Gasteiger partial charge >= 0.3 is 11.9 Å². The molecule has 0 aliphatic carbocycles. The van der Waals surface area contributed by atoms with Gasteiger partial charge in [0.05, 0.1) is 31.3 Å². The minimum atomic E-state index is -3.74. The van der Waals surface area contributed by atoms with Gasteiger partial charge in [0.2, 0.25) is 10.0 Å². The Morgan fingerprint density at radius 2 is 1.62 bits per heavy atom. The first-order valence-corrected chi connectivity index (χ1v) is 11.1. The molecule has 0 saturated heterocycles. The van der Waals surface area contributed by atoms with Crippen LogP contribution in [0.25, 0.3) is 0 Å². The van der Waals surface area contributed by atoms with Crippen LogP contribution in [-0.2, 0) is 40.4 Å². The number of benzene rings is 2. The van der Waals surface area contributed by atoms with E-state index in [9.17, 15) is 18.0 Å². The van der Waals surface area contributed by atoms with Gasteiger partial charge in [-0.15, -0.1) is 0 Å². The van der Waals surface area contributed by atoms with Gasteiger partial charge in [-0.3, -0.25) is 0 Å². The summed E-state index contributed by atoms with van der Waals surface area (Å²) in [5, 5.41) is 0. The van der Waals surface area contributed by atoms with E-state index in [1.807, 2.05) is 30.3 Å². The van der Waals surface area contributed by atoms with Crippen LogP contribution in [-0.4, -0.2) is 59.3 Å². The monoisotopic (exact) mass is 460 g/mol. The Kier molecular flexibility index (Phi) is 7.29. The summed E-state index contributed by atoms with van der Waals surface area (Å²) in [6.45, 7) is 0.0951. The highest BCUT2D eigenvalue weighted by Crippen LogP contribution is 2.28. The molecule has 32 heavy (non-hydrogen) atoms. The van der Waals surface area contributed by atoms with E-state index in [-0.39, 0.29) is 36.0 Å². The molecule has 10 heteroatoms. The Morgan fingerprint density at radius 3 is 2.22 bits per heavy atom. The van der Waals surface area contributed by atoms with Crippen LogP contribution in [0.2, 0.25) is 0 Å². The lowest BCUT2D eigenvalue weighted by molar-refractivity contribution is -0.140. The second-order valence-electron chi connectivity index (χ2n) is 6.96. The van der Waals surface area contributed by atoms with Gasteiger partial charge in [-0.05, 0) is 29.8 Å². The molecular weight excluding hydrogens is 436 g/mol. The van der Waals surface area contributed by atoms with Crippen LogP contribution in [0.1, 0.15) is 5.56 Å². The van der Waals surface area contributed by atoms with E-state index < -0.39 is 22.0 Å². The Hall–Kier alpha value is -3.21. The van der Waals surface area contributed by atoms with Gasteiger partial charge < -0.3 is 19.1 Å². The molecule has 1 aliphatic heterocycles. The molecule has 0 aromatic heterocycles. The van der Waals surface area contributed by atoms with Crippen molar-refractivity contribution in [1.82, 2.24) is 4.31 Å². The fraction of sp³-hybridized carbons (Fsp3) is 0.273. The van der Waals surface area contributed by atoms with E-state index in [4.69, 9.17) is 14.2 Å². The van der Waals surface area contributed by atoms with Crippen LogP contribution in [0.3, 0.4) is 0 Å². The van der Waals surface area contributed by atoms with E-state index in [0.29, 0.717) is 5.69 Å². The van der Waals surface area contributed by atoms with Crippen molar-refractivity contribution in [3.63, 3.8) is 0 Å². The predicted octanol–water partition coefficient (Wildman–Crippen LogP) is 1.90. The Bertz CT molecular complexity index is 1110. The lowest BCUT2D eigenvalue weighted by Gasteiger charge is -2.31. The van der Waals surface area contributed by atoms with Gasteiger partial charge in [0, 0.05) is 19.3 Å². The molecule has 1 heterocycles. The van der Waals surface area contributed by atoms with Crippen LogP contribution in [0.5, 0.6) is 0 Å². The number of esters is 2. The number of ether oxygens (including phenoxy) is 3. The zero-order valence-corrected chi connectivity index (χ0v) is 18.8. The summed E-state index contributed by atoms with van der Waals surface area (Å²) in [5.74, 6) is -1.44. The van der Waals surface area contributed by atoms with Crippen molar-refractivity contribution in [2.75, 3.05) is 39.5 Å². The van der Waals surface area contributed by atoms with Crippen LogP contribution >= 0.6 is 0 Å². The van der Waals surface area contributed by atoms with Crippen molar-refractivity contribution in [1.29, 1.82) is 0 Å². The van der Waals surface area contributed by atoms with Gasteiger partial charge in [-0.1, -0.05) is 30.3 Å². The second kappa shape index (κ2) is 9.94. The lowest BCUT2D eigenvalue weighted by Crippen LogP contribution is -2.38. The smallest absolute Gasteiger partial charge is 0.355 e. The molecule has 0 bridgehead atoms. The maximum absolute atomic E-state index is 13.0. The number of hydrogen-bond acceptors (Lipinski definition) is 8. The molecule has 0 atom stereocenters. The van der Waals surface area contributed by atoms with Crippen molar-refractivity contribution in [2.24, 2.45) is 0 Å². The van der Waals surface area contributed by atoms with Crippen LogP contribution in [0.4, 0.5) is 5.69 Å². The average molecular weight is 461 g/mol. The van der Waals surface area contributed by atoms with Crippen molar-refractivity contribution in [3.8, 4) is 0 Å². The number of rotatable bonds is 7. The van der Waals surface area contributed by atoms with Crippen LogP contribution < -0.4 is 4.90 Å². The molecule has 0 unspecified atom stereocenters. The summed E-state index contributed by atoms with van der Waals surface area (Å²) in [6, 6.07) is 15.2. The Balaban J connectivity index is 1.89. The highest BCUT2D eigenvalue weighted by Gasteiger charge is 2.32. The third-order valence-corrected chi connectivity index (χ3v) is 6.76. The predicted molar refractivity (Wildman–Crippen MR) is 116 cm³/mol. The maximum atomic E-state index is 13.0. The van der Waals surface area contributed by atoms with Crippen molar-refractivity contribution < 1.29 is 32.2 Å². The summed E-state index contributed by atoms with van der Waals surface area (Å²) >= 11 is 0. The molecule has 0 N–H and O–H groups in total. The minimum Gasteiger partial charge on any atom is -0.466 e. The fourth-order valence-electron chi connectivity index (χ4n) is 3.25. The molecule has 0 spiro atoms. The van der Waals surface area contributed by atoms with Gasteiger partial charge in [-0.25, -0.2) is 18.0 Å². The van der Waals surface area contributed by atoms with E-state index >= 15 is 0 Å². The quantitative estimate of drug-likeness (QED) is 0.578. The minimum absolute atomic E-state index is 0.0117. The molecule has 0 amide bonds. The standard InChI is InChI=1S/C22H24N2O7S/c1-23(13-16-7-5-4-6-8-16)32(27,28)18-11-9-17(10-12-18)24-15-31-14-19(21(25)29-2)20(24)22(26)30-3/h4-12H,13-15H2,1-3H3. The van der Waals surface area contributed by atoms with Crippen molar-refractivity contribution in [3.05, 3.63) is 71.4 Å². The number of carbonyl (C=O) groups excluding carboxylic acids is 2. The van der Waals surface area contributed by atoms with E-state index in [2.05, 4.69) is 0 Å². The fourth-order valence-corrected chi connectivity index (χ4v) is 4.41. The van der Waals surface area contributed by atoms with Crippen LogP contribution in [0.15, 0.2) is 70.8 Å². The largest absolute Gasteiger partial charge is 0.466 e. The summed E-state index contributed by atoms with van der Waals surface area (Å²) in [6.07, 6.45) is 0. The zero-order valence-electron chi connectivity index (χ0n) is 18.0. The van der Waals surface area contributed by atoms with Crippen molar-refractivity contribution >= 4 is 27.6 Å². The van der Waals surface area contributed by atoms with Gasteiger partial charge in [0.25, 0.3) is 0 Å². The Labute approximate surface area is 186 Å². The Morgan fingerprint density at radius 1 is 1.00 bits per heavy atom. The maximum Gasteiger partial charge on any atom is 0.355 e. The first kappa shape index (κ1) is 23.5. The highest BCUT2D eigenvalue weighted by atomic mass is 32.2. The molecule has 2 aromatic carbocycles. The molecule has 0 saturated carbocycles. The second-order valence-corrected chi connectivity index (χ2v) is 9.00. The van der Waals surface area contributed by atoms with Crippen LogP contribution in [0, 0.1) is 0 Å².